The van der Waals surface area contributed by atoms with E-state index in [-0.39, 0.29) is 34.8 Å². The van der Waals surface area contributed by atoms with Gasteiger partial charge in [-0.3, -0.25) is 9.59 Å². The highest BCUT2D eigenvalue weighted by molar-refractivity contribution is 5.95. The molecule has 1 aliphatic heterocycles. The molecule has 2 amide bonds. The molecule has 3 aliphatic rings. The molecule has 1 heterocycles. The molecule has 2 saturated carbocycles. The number of hydrogen-bond acceptors (Lipinski definition) is 4. The van der Waals surface area contributed by atoms with Crippen LogP contribution in [0.15, 0.2) is 24.3 Å². The van der Waals surface area contributed by atoms with Gasteiger partial charge in [0.1, 0.15) is 0 Å². The molecule has 0 radical (unpaired) electrons. The second-order valence-electron chi connectivity index (χ2n) is 10.6. The Labute approximate surface area is 186 Å². The molecule has 1 saturated heterocycles. The summed E-state index contributed by atoms with van der Waals surface area (Å²) >= 11 is 0. The van der Waals surface area contributed by atoms with Gasteiger partial charge in [0.25, 0.3) is 5.91 Å². The number of amides is 2. The number of benzene rings is 1. The minimum atomic E-state index is -0.0422. The van der Waals surface area contributed by atoms with Crippen LogP contribution in [0.5, 0.6) is 0 Å². The molecule has 0 aromatic heterocycles. The van der Waals surface area contributed by atoms with Crippen molar-refractivity contribution in [2.45, 2.75) is 58.6 Å². The van der Waals surface area contributed by atoms with Crippen LogP contribution < -0.4 is 15.5 Å². The zero-order chi connectivity index (χ0) is 22.4. The Morgan fingerprint density at radius 3 is 2.74 bits per heavy atom. The number of nitrogens with one attached hydrogen (secondary N) is 2. The van der Waals surface area contributed by atoms with Gasteiger partial charge in [-0.25, -0.2) is 0 Å². The van der Waals surface area contributed by atoms with Gasteiger partial charge in [0.05, 0.1) is 6.10 Å². The van der Waals surface area contributed by atoms with E-state index in [9.17, 15) is 9.59 Å². The van der Waals surface area contributed by atoms with E-state index in [1.165, 1.54) is 6.42 Å². The summed E-state index contributed by atoms with van der Waals surface area (Å²) in [5.74, 6) is 1.08. The lowest BCUT2D eigenvalue weighted by Crippen LogP contribution is -2.60. The summed E-state index contributed by atoms with van der Waals surface area (Å²) in [6, 6.07) is 7.88. The molecule has 6 nitrogen and oxygen atoms in total. The summed E-state index contributed by atoms with van der Waals surface area (Å²) in [6.07, 6.45) is 4.31. The highest BCUT2D eigenvalue weighted by atomic mass is 16.5. The first-order chi connectivity index (χ1) is 14.6. The quantitative estimate of drug-likeness (QED) is 0.731. The summed E-state index contributed by atoms with van der Waals surface area (Å²) in [7, 11) is 3.94. The third-order valence-corrected chi connectivity index (χ3v) is 8.31. The van der Waals surface area contributed by atoms with Crippen LogP contribution in [0.4, 0.5) is 5.69 Å². The van der Waals surface area contributed by atoms with Gasteiger partial charge in [-0.05, 0) is 66.5 Å². The van der Waals surface area contributed by atoms with Crippen molar-refractivity contribution >= 4 is 17.5 Å². The maximum absolute atomic E-state index is 12.7. The van der Waals surface area contributed by atoms with Crippen LogP contribution in [0, 0.1) is 22.7 Å². The summed E-state index contributed by atoms with van der Waals surface area (Å²) < 4.78 is 6.23. The number of fused-ring (bicyclic) bond motifs is 1. The summed E-state index contributed by atoms with van der Waals surface area (Å²) in [5, 5.41) is 6.40. The first kappa shape index (κ1) is 22.1. The minimum Gasteiger partial charge on any atom is -0.378 e. The predicted molar refractivity (Wildman–Crippen MR) is 122 cm³/mol. The van der Waals surface area contributed by atoms with Crippen LogP contribution in [0.3, 0.4) is 0 Å². The minimum absolute atomic E-state index is 0.0422. The zero-order valence-electron chi connectivity index (χ0n) is 19.5. The normalized spacial score (nSPS) is 32.9. The van der Waals surface area contributed by atoms with Crippen molar-refractivity contribution in [3.05, 3.63) is 29.8 Å². The van der Waals surface area contributed by atoms with E-state index >= 15 is 0 Å². The number of rotatable bonds is 6. The first-order valence-corrected chi connectivity index (χ1v) is 11.6. The third kappa shape index (κ3) is 3.84. The number of carbonyl (C=O) groups is 2. The zero-order valence-corrected chi connectivity index (χ0v) is 19.5. The Kier molecular flexibility index (Phi) is 5.80. The van der Waals surface area contributed by atoms with E-state index in [1.54, 1.807) is 6.92 Å². The van der Waals surface area contributed by atoms with Crippen molar-refractivity contribution in [3.8, 4) is 0 Å². The van der Waals surface area contributed by atoms with Gasteiger partial charge >= 0.3 is 0 Å². The smallest absolute Gasteiger partial charge is 0.251 e. The summed E-state index contributed by atoms with van der Waals surface area (Å²) in [5.41, 5.74) is 1.95. The van der Waals surface area contributed by atoms with E-state index in [0.717, 1.165) is 31.6 Å². The average Bonchev–Trinajstić information content (AvgIpc) is 3.21. The fourth-order valence-corrected chi connectivity index (χ4v) is 6.75. The average molecular weight is 428 g/mol. The van der Waals surface area contributed by atoms with Crippen LogP contribution in [-0.2, 0) is 9.53 Å². The lowest BCUT2D eigenvalue weighted by Gasteiger charge is -2.53. The van der Waals surface area contributed by atoms with Crippen LogP contribution in [0.1, 0.15) is 56.8 Å². The molecule has 0 unspecified atom stereocenters. The topological polar surface area (TPSA) is 70.7 Å². The lowest BCUT2D eigenvalue weighted by molar-refractivity contribution is -0.135. The Morgan fingerprint density at radius 1 is 1.26 bits per heavy atom. The molecule has 170 valence electrons. The Hall–Kier alpha value is -2.08. The van der Waals surface area contributed by atoms with Gasteiger partial charge < -0.3 is 20.3 Å². The Balaban J connectivity index is 1.40. The van der Waals surface area contributed by atoms with E-state index in [0.29, 0.717) is 23.9 Å². The molecule has 1 aromatic carbocycles. The van der Waals surface area contributed by atoms with Gasteiger partial charge in [0, 0.05) is 51.5 Å². The molecule has 1 aromatic rings. The molecule has 6 heteroatoms. The van der Waals surface area contributed by atoms with Crippen molar-refractivity contribution in [2.24, 2.45) is 22.7 Å². The van der Waals surface area contributed by atoms with E-state index < -0.39 is 0 Å². The summed E-state index contributed by atoms with van der Waals surface area (Å²) in [6.45, 7) is 7.59. The van der Waals surface area contributed by atoms with Crippen molar-refractivity contribution in [1.29, 1.82) is 0 Å². The second-order valence-corrected chi connectivity index (χ2v) is 10.6. The molecule has 5 atom stereocenters. The van der Waals surface area contributed by atoms with Crippen LogP contribution in [0.25, 0.3) is 0 Å². The van der Waals surface area contributed by atoms with Gasteiger partial charge in [-0.15, -0.1) is 0 Å². The lowest BCUT2D eigenvalue weighted by atomic mass is 9.59. The Morgan fingerprint density at radius 2 is 2.03 bits per heavy atom. The van der Waals surface area contributed by atoms with Crippen molar-refractivity contribution < 1.29 is 14.3 Å². The van der Waals surface area contributed by atoms with Crippen LogP contribution >= 0.6 is 0 Å². The van der Waals surface area contributed by atoms with E-state index in [2.05, 4.69) is 24.5 Å². The molecular weight excluding hydrogens is 390 g/mol. The van der Waals surface area contributed by atoms with Crippen molar-refractivity contribution in [2.75, 3.05) is 32.1 Å². The summed E-state index contributed by atoms with van der Waals surface area (Å²) in [4.78, 5) is 26.6. The molecule has 31 heavy (non-hydrogen) atoms. The molecule has 4 rings (SSSR count). The van der Waals surface area contributed by atoms with Crippen molar-refractivity contribution in [3.63, 3.8) is 0 Å². The highest BCUT2D eigenvalue weighted by Gasteiger charge is 2.68. The molecule has 1 spiro atoms. The number of ether oxygens (including phenoxy) is 1. The maximum Gasteiger partial charge on any atom is 0.251 e. The highest BCUT2D eigenvalue weighted by Crippen LogP contribution is 2.68. The number of hydrogen-bond donors (Lipinski definition) is 2. The molecular formula is C25H37N3O3. The number of anilines is 1. The Bertz CT molecular complexity index is 852. The van der Waals surface area contributed by atoms with Gasteiger partial charge in [0.15, 0.2) is 0 Å². The van der Waals surface area contributed by atoms with E-state index in [4.69, 9.17) is 4.74 Å². The van der Waals surface area contributed by atoms with Crippen LogP contribution in [-0.4, -0.2) is 51.2 Å². The third-order valence-electron chi connectivity index (χ3n) is 8.31. The second kappa shape index (κ2) is 8.12. The van der Waals surface area contributed by atoms with E-state index in [1.807, 2.05) is 43.3 Å². The fourth-order valence-electron chi connectivity index (χ4n) is 6.75. The van der Waals surface area contributed by atoms with Crippen LogP contribution in [0.2, 0.25) is 0 Å². The number of nitrogens with zero attached hydrogens (tertiary/aromatic N) is 1. The molecule has 2 bridgehead atoms. The maximum atomic E-state index is 12.7. The van der Waals surface area contributed by atoms with Gasteiger partial charge in [0.2, 0.25) is 5.91 Å². The number of carbonyl (C=O) groups excluding carboxylic acids is 2. The SMILES string of the molecule is CC(=O)N[C@H]1C(C)(C)[C@@H]2C[C@@H]3[C@@H](CCNC(=O)c4cccc(N(C)C)c4)OCC[C@@]31C2. The monoisotopic (exact) mass is 427 g/mol. The van der Waals surface area contributed by atoms with Gasteiger partial charge in [-0.2, -0.15) is 0 Å². The van der Waals surface area contributed by atoms with Gasteiger partial charge in [-0.1, -0.05) is 19.9 Å². The van der Waals surface area contributed by atoms with Crippen molar-refractivity contribution in [1.82, 2.24) is 10.6 Å². The molecule has 3 fully saturated rings. The molecule has 2 aliphatic carbocycles. The predicted octanol–water partition coefficient (Wildman–Crippen LogP) is 3.22. The fraction of sp³-hybridized carbons (Fsp3) is 0.680. The standard InChI is InChI=1S/C25H37N3O3/c1-16(29)27-23-24(2,3)18-14-20-21(31-12-10-25(20,23)15-18)9-11-26-22(30)17-7-6-8-19(13-17)28(4)5/h6-8,13,18,20-21,23H,9-12,14-15H2,1-5H3,(H,26,30)(H,27,29)/t18-,20-,21-,23+,25-/m1/s1. The largest absolute Gasteiger partial charge is 0.378 e. The first-order valence-electron chi connectivity index (χ1n) is 11.6. The molecule has 2 N–H and O–H groups in total.